The van der Waals surface area contributed by atoms with Crippen LogP contribution in [0.1, 0.15) is 33.3 Å². The molecule has 2 unspecified atom stereocenters. The largest absolute Gasteiger partial charge is 0.466 e. The van der Waals surface area contributed by atoms with Gasteiger partial charge in [-0.3, -0.25) is 14.9 Å². The number of hydrogen-bond acceptors (Lipinski definition) is 4. The number of nitrogens with zero attached hydrogens (tertiary/aromatic N) is 1. The van der Waals surface area contributed by atoms with Crippen LogP contribution in [0.2, 0.25) is 0 Å². The molecule has 1 aliphatic carbocycles. The maximum Gasteiger partial charge on any atom is 0.309 e. The molecular formula is C18H21NO4. The standard InChI is InChI=1S/C18H21NO4/c1-5-23-18(20)13(4)16-11(2)10-12(3)17(16)14-6-8-15(9-7-14)19(21)22/h6-10,13,16H,5H2,1-4H3. The van der Waals surface area contributed by atoms with E-state index in [0.717, 1.165) is 22.3 Å². The molecule has 2 atom stereocenters. The predicted molar refractivity (Wildman–Crippen MR) is 88.7 cm³/mol. The lowest BCUT2D eigenvalue weighted by Crippen LogP contribution is -2.24. The van der Waals surface area contributed by atoms with Crippen molar-refractivity contribution in [3.63, 3.8) is 0 Å². The number of rotatable bonds is 5. The Labute approximate surface area is 135 Å². The number of hydrogen-bond donors (Lipinski definition) is 0. The summed E-state index contributed by atoms with van der Waals surface area (Å²) < 4.78 is 5.16. The van der Waals surface area contributed by atoms with Crippen LogP contribution in [0.5, 0.6) is 0 Å². The number of carbonyl (C=O) groups is 1. The van der Waals surface area contributed by atoms with Gasteiger partial charge in [0.15, 0.2) is 0 Å². The Kier molecular flexibility index (Phi) is 4.98. The molecule has 2 rings (SSSR count). The van der Waals surface area contributed by atoms with Crippen molar-refractivity contribution in [1.29, 1.82) is 0 Å². The first-order valence-corrected chi connectivity index (χ1v) is 7.67. The number of nitro benzene ring substituents is 1. The lowest BCUT2D eigenvalue weighted by molar-refractivity contribution is -0.384. The molecule has 0 aliphatic heterocycles. The summed E-state index contributed by atoms with van der Waals surface area (Å²) in [6, 6.07) is 6.48. The van der Waals surface area contributed by atoms with E-state index in [0.29, 0.717) is 6.61 Å². The minimum absolute atomic E-state index is 0.0597. The Morgan fingerprint density at radius 3 is 2.43 bits per heavy atom. The van der Waals surface area contributed by atoms with Gasteiger partial charge < -0.3 is 4.74 Å². The van der Waals surface area contributed by atoms with Gasteiger partial charge in [-0.2, -0.15) is 0 Å². The smallest absolute Gasteiger partial charge is 0.309 e. The van der Waals surface area contributed by atoms with Crippen molar-refractivity contribution in [3.05, 3.63) is 57.2 Å². The monoisotopic (exact) mass is 315 g/mol. The molecule has 1 aromatic carbocycles. The number of allylic oxidation sites excluding steroid dienone is 4. The van der Waals surface area contributed by atoms with Crippen molar-refractivity contribution in [2.75, 3.05) is 6.61 Å². The Bertz CT molecular complexity index is 685. The van der Waals surface area contributed by atoms with Crippen LogP contribution in [0.3, 0.4) is 0 Å². The van der Waals surface area contributed by atoms with Crippen LogP contribution in [0, 0.1) is 22.0 Å². The third-order valence-corrected chi connectivity index (χ3v) is 4.22. The van der Waals surface area contributed by atoms with Crippen molar-refractivity contribution in [2.24, 2.45) is 11.8 Å². The van der Waals surface area contributed by atoms with E-state index in [2.05, 4.69) is 6.08 Å². The van der Waals surface area contributed by atoms with Gasteiger partial charge in [0.2, 0.25) is 0 Å². The lowest BCUT2D eigenvalue weighted by atomic mass is 9.81. The van der Waals surface area contributed by atoms with Crippen molar-refractivity contribution in [1.82, 2.24) is 0 Å². The molecule has 0 N–H and O–H groups in total. The van der Waals surface area contributed by atoms with Crippen LogP contribution in [0.4, 0.5) is 5.69 Å². The van der Waals surface area contributed by atoms with E-state index in [1.165, 1.54) is 12.1 Å². The Balaban J connectivity index is 2.37. The fourth-order valence-electron chi connectivity index (χ4n) is 3.21. The van der Waals surface area contributed by atoms with Gasteiger partial charge >= 0.3 is 5.97 Å². The first-order valence-electron chi connectivity index (χ1n) is 7.67. The Morgan fingerprint density at radius 1 is 1.30 bits per heavy atom. The van der Waals surface area contributed by atoms with E-state index in [1.54, 1.807) is 19.1 Å². The lowest BCUT2D eigenvalue weighted by Gasteiger charge is -2.24. The second kappa shape index (κ2) is 6.77. The minimum atomic E-state index is -0.415. The molecule has 0 saturated carbocycles. The minimum Gasteiger partial charge on any atom is -0.466 e. The molecule has 0 fully saturated rings. The molecule has 23 heavy (non-hydrogen) atoms. The number of ether oxygens (including phenoxy) is 1. The van der Waals surface area contributed by atoms with Gasteiger partial charge in [-0.05, 0) is 49.6 Å². The number of non-ortho nitro benzene ring substituents is 1. The average molecular weight is 315 g/mol. The molecule has 122 valence electrons. The van der Waals surface area contributed by atoms with Gasteiger partial charge in [-0.25, -0.2) is 0 Å². The molecule has 1 aromatic rings. The SMILES string of the molecule is CCOC(=O)C(C)C1C(C)=CC(C)=C1c1ccc([N+](=O)[O-])cc1. The molecular weight excluding hydrogens is 294 g/mol. The molecule has 0 amide bonds. The molecule has 0 saturated heterocycles. The van der Waals surface area contributed by atoms with Crippen molar-refractivity contribution < 1.29 is 14.5 Å². The topological polar surface area (TPSA) is 69.4 Å². The summed E-state index contributed by atoms with van der Waals surface area (Å²) in [6.45, 7) is 8.01. The van der Waals surface area contributed by atoms with E-state index in [4.69, 9.17) is 4.74 Å². The fourth-order valence-corrected chi connectivity index (χ4v) is 3.21. The summed E-state index contributed by atoms with van der Waals surface area (Å²) in [7, 11) is 0. The highest BCUT2D eigenvalue weighted by molar-refractivity contribution is 5.84. The quantitative estimate of drug-likeness (QED) is 0.465. The third kappa shape index (κ3) is 3.33. The van der Waals surface area contributed by atoms with Crippen LogP contribution >= 0.6 is 0 Å². The summed E-state index contributed by atoms with van der Waals surface area (Å²) in [6.07, 6.45) is 2.07. The summed E-state index contributed by atoms with van der Waals surface area (Å²) >= 11 is 0. The Hall–Kier alpha value is -2.43. The van der Waals surface area contributed by atoms with E-state index < -0.39 is 4.92 Å². The van der Waals surface area contributed by atoms with Gasteiger partial charge in [0.05, 0.1) is 17.4 Å². The molecule has 0 bridgehead atoms. The van der Waals surface area contributed by atoms with Gasteiger partial charge in [0, 0.05) is 18.1 Å². The first kappa shape index (κ1) is 16.9. The molecule has 5 nitrogen and oxygen atoms in total. The molecule has 0 aromatic heterocycles. The van der Waals surface area contributed by atoms with E-state index in [-0.39, 0.29) is 23.5 Å². The van der Waals surface area contributed by atoms with Crippen LogP contribution < -0.4 is 0 Å². The number of carbonyl (C=O) groups excluding carboxylic acids is 1. The number of nitro groups is 1. The van der Waals surface area contributed by atoms with Gasteiger partial charge in [-0.1, -0.05) is 18.6 Å². The van der Waals surface area contributed by atoms with Crippen molar-refractivity contribution in [3.8, 4) is 0 Å². The number of esters is 1. The average Bonchev–Trinajstić information content (AvgIpc) is 2.81. The molecule has 5 heteroatoms. The van der Waals surface area contributed by atoms with E-state index in [9.17, 15) is 14.9 Å². The van der Waals surface area contributed by atoms with Gasteiger partial charge in [0.1, 0.15) is 0 Å². The van der Waals surface area contributed by atoms with Crippen LogP contribution in [0.25, 0.3) is 5.57 Å². The summed E-state index contributed by atoms with van der Waals surface area (Å²) in [5.41, 5.74) is 4.19. The predicted octanol–water partition coefficient (Wildman–Crippen LogP) is 4.14. The summed E-state index contributed by atoms with van der Waals surface area (Å²) in [5, 5.41) is 10.8. The Morgan fingerprint density at radius 2 is 1.91 bits per heavy atom. The van der Waals surface area contributed by atoms with E-state index in [1.807, 2.05) is 20.8 Å². The van der Waals surface area contributed by atoms with Crippen molar-refractivity contribution in [2.45, 2.75) is 27.7 Å². The highest BCUT2D eigenvalue weighted by Crippen LogP contribution is 2.43. The zero-order valence-electron chi connectivity index (χ0n) is 13.8. The third-order valence-electron chi connectivity index (χ3n) is 4.22. The first-order chi connectivity index (χ1) is 10.9. The van der Waals surface area contributed by atoms with Gasteiger partial charge in [0.25, 0.3) is 5.69 Å². The van der Waals surface area contributed by atoms with E-state index >= 15 is 0 Å². The second-order valence-corrected chi connectivity index (χ2v) is 5.81. The van der Waals surface area contributed by atoms with Crippen molar-refractivity contribution >= 4 is 17.2 Å². The molecule has 0 heterocycles. The van der Waals surface area contributed by atoms with Gasteiger partial charge in [-0.15, -0.1) is 0 Å². The summed E-state index contributed by atoms with van der Waals surface area (Å²) in [4.78, 5) is 22.5. The molecule has 0 radical (unpaired) electrons. The maximum absolute atomic E-state index is 12.1. The van der Waals surface area contributed by atoms with Crippen LogP contribution in [-0.2, 0) is 9.53 Å². The summed E-state index contributed by atoms with van der Waals surface area (Å²) in [5.74, 6) is -0.580. The number of benzene rings is 1. The zero-order chi connectivity index (χ0) is 17.1. The van der Waals surface area contributed by atoms with Crippen LogP contribution in [-0.4, -0.2) is 17.5 Å². The normalized spacial score (nSPS) is 18.6. The van der Waals surface area contributed by atoms with Crippen LogP contribution in [0.15, 0.2) is 41.5 Å². The zero-order valence-corrected chi connectivity index (χ0v) is 13.8. The second-order valence-electron chi connectivity index (χ2n) is 5.81. The molecule has 0 spiro atoms. The molecule has 1 aliphatic rings. The maximum atomic E-state index is 12.1. The highest BCUT2D eigenvalue weighted by atomic mass is 16.6. The fraction of sp³-hybridized carbons (Fsp3) is 0.389. The highest BCUT2D eigenvalue weighted by Gasteiger charge is 2.34.